The summed E-state index contributed by atoms with van der Waals surface area (Å²) in [5.74, 6) is 0.700. The van der Waals surface area contributed by atoms with Gasteiger partial charge in [-0.25, -0.2) is 0 Å². The minimum Gasteiger partial charge on any atom is -0.492 e. The molecule has 0 heterocycles. The van der Waals surface area contributed by atoms with Crippen molar-refractivity contribution >= 4 is 21.6 Å². The van der Waals surface area contributed by atoms with Crippen LogP contribution in [0.4, 0.5) is 0 Å². The Morgan fingerprint density at radius 2 is 1.81 bits per heavy atom. The van der Waals surface area contributed by atoms with E-state index in [4.69, 9.17) is 4.74 Å². The number of ether oxygens (including phenoxy) is 1. The normalized spacial score (nSPS) is 12.7. The molecule has 120 valence electrons. The summed E-state index contributed by atoms with van der Waals surface area (Å²) in [5.41, 5.74) is 1.52. The van der Waals surface area contributed by atoms with Crippen LogP contribution >= 0.6 is 21.6 Å². The Morgan fingerprint density at radius 3 is 2.33 bits per heavy atom. The fourth-order valence-corrected chi connectivity index (χ4v) is 3.85. The van der Waals surface area contributed by atoms with Gasteiger partial charge in [0.25, 0.3) is 0 Å². The molecule has 0 aromatic heterocycles. The molecule has 0 aliphatic rings. The van der Waals surface area contributed by atoms with E-state index in [9.17, 15) is 10.2 Å². The zero-order chi connectivity index (χ0) is 15.7. The number of benzene rings is 1. The number of nitrogens with zero attached hydrogens (tertiary/aromatic N) is 1. The molecule has 0 spiro atoms. The van der Waals surface area contributed by atoms with E-state index >= 15 is 0 Å². The number of hydrogen-bond donors (Lipinski definition) is 2. The predicted molar refractivity (Wildman–Crippen MR) is 91.8 cm³/mol. The summed E-state index contributed by atoms with van der Waals surface area (Å²) in [6, 6.07) is 5.40. The van der Waals surface area contributed by atoms with E-state index in [2.05, 4.69) is 25.1 Å². The van der Waals surface area contributed by atoms with Crippen molar-refractivity contribution in [2.75, 3.05) is 33.0 Å². The highest BCUT2D eigenvalue weighted by Gasteiger charge is 2.07. The topological polar surface area (TPSA) is 52.9 Å². The Hall–Kier alpha value is -0.400. The first-order valence-corrected chi connectivity index (χ1v) is 9.56. The molecule has 2 N–H and O–H groups in total. The molecule has 0 saturated heterocycles. The SMILES string of the molecule is CSSC(C)CN(C)CCOc1cc(CO)cc(CO)c1. The highest BCUT2D eigenvalue weighted by molar-refractivity contribution is 8.76. The zero-order valence-corrected chi connectivity index (χ0v) is 14.5. The van der Waals surface area contributed by atoms with Crippen molar-refractivity contribution in [1.82, 2.24) is 4.90 Å². The standard InChI is InChI=1S/C15H25NO3S2/c1-12(21-20-3)9-16(2)4-5-19-15-7-13(10-17)6-14(8-15)11-18/h6-8,12,17-18H,4-5,9-11H2,1-3H3. The molecule has 0 amide bonds. The molecule has 1 aromatic carbocycles. The van der Waals surface area contributed by atoms with Gasteiger partial charge in [0, 0.05) is 18.3 Å². The van der Waals surface area contributed by atoms with Crippen LogP contribution in [0, 0.1) is 0 Å². The monoisotopic (exact) mass is 331 g/mol. The fraction of sp³-hybridized carbons (Fsp3) is 0.600. The molecule has 1 aromatic rings. The van der Waals surface area contributed by atoms with Gasteiger partial charge in [-0.1, -0.05) is 34.6 Å². The van der Waals surface area contributed by atoms with Crippen molar-refractivity contribution < 1.29 is 14.9 Å². The maximum Gasteiger partial charge on any atom is 0.120 e. The third-order valence-corrected chi connectivity index (χ3v) is 5.20. The number of hydrogen-bond acceptors (Lipinski definition) is 6. The van der Waals surface area contributed by atoms with Gasteiger partial charge in [-0.15, -0.1) is 0 Å². The van der Waals surface area contributed by atoms with Gasteiger partial charge in [-0.2, -0.15) is 0 Å². The first-order valence-electron chi connectivity index (χ1n) is 6.94. The molecule has 1 unspecified atom stereocenters. The van der Waals surface area contributed by atoms with Gasteiger partial charge < -0.3 is 19.8 Å². The molecule has 0 saturated carbocycles. The lowest BCUT2D eigenvalue weighted by molar-refractivity contribution is 0.236. The minimum atomic E-state index is -0.0481. The van der Waals surface area contributed by atoms with E-state index in [1.54, 1.807) is 16.9 Å². The van der Waals surface area contributed by atoms with Gasteiger partial charge >= 0.3 is 0 Å². The lowest BCUT2D eigenvalue weighted by Crippen LogP contribution is -2.29. The molecule has 0 aliphatic carbocycles. The molecular formula is C15H25NO3S2. The fourth-order valence-electron chi connectivity index (χ4n) is 2.04. The van der Waals surface area contributed by atoms with Gasteiger partial charge in [0.1, 0.15) is 12.4 Å². The van der Waals surface area contributed by atoms with E-state index in [1.165, 1.54) is 0 Å². The van der Waals surface area contributed by atoms with Crippen molar-refractivity contribution in [2.45, 2.75) is 25.4 Å². The molecule has 1 atom stereocenters. The van der Waals surface area contributed by atoms with Crippen molar-refractivity contribution in [1.29, 1.82) is 0 Å². The molecule has 6 heteroatoms. The van der Waals surface area contributed by atoms with E-state index in [0.29, 0.717) is 17.6 Å². The Balaban J connectivity index is 2.41. The number of likely N-dealkylation sites (N-methyl/N-ethyl adjacent to an activating group) is 1. The van der Waals surface area contributed by atoms with Crippen LogP contribution < -0.4 is 4.74 Å². The number of rotatable bonds is 10. The molecule has 0 bridgehead atoms. The van der Waals surface area contributed by atoms with Crippen LogP contribution in [-0.4, -0.2) is 53.4 Å². The molecule has 1 rings (SSSR count). The average Bonchev–Trinajstić information content (AvgIpc) is 2.46. The van der Waals surface area contributed by atoms with Crippen LogP contribution in [0.25, 0.3) is 0 Å². The molecule has 4 nitrogen and oxygen atoms in total. The first kappa shape index (κ1) is 18.6. The average molecular weight is 332 g/mol. The Kier molecular flexibility index (Phi) is 9.19. The Labute approximate surface area is 135 Å². The van der Waals surface area contributed by atoms with Crippen LogP contribution in [0.1, 0.15) is 18.1 Å². The lowest BCUT2D eigenvalue weighted by atomic mass is 10.1. The second kappa shape index (κ2) is 10.3. The quantitative estimate of drug-likeness (QED) is 0.642. The second-order valence-corrected chi connectivity index (χ2v) is 7.89. The third-order valence-electron chi connectivity index (χ3n) is 2.96. The maximum absolute atomic E-state index is 9.20. The number of aliphatic hydroxyl groups is 2. The maximum atomic E-state index is 9.20. The smallest absolute Gasteiger partial charge is 0.120 e. The van der Waals surface area contributed by atoms with Crippen molar-refractivity contribution in [3.8, 4) is 5.75 Å². The highest BCUT2D eigenvalue weighted by Crippen LogP contribution is 2.23. The Bertz CT molecular complexity index is 396. The van der Waals surface area contributed by atoms with Crippen LogP contribution in [0.15, 0.2) is 18.2 Å². The van der Waals surface area contributed by atoms with Crippen LogP contribution in [-0.2, 0) is 13.2 Å². The number of aliphatic hydroxyl groups excluding tert-OH is 2. The summed E-state index contributed by atoms with van der Waals surface area (Å²) < 4.78 is 5.73. The summed E-state index contributed by atoms with van der Waals surface area (Å²) in [6.45, 7) is 4.58. The van der Waals surface area contributed by atoms with E-state index in [1.807, 2.05) is 22.9 Å². The minimum absolute atomic E-state index is 0.0481. The van der Waals surface area contributed by atoms with Crippen molar-refractivity contribution in [2.24, 2.45) is 0 Å². The van der Waals surface area contributed by atoms with Crippen LogP contribution in [0.3, 0.4) is 0 Å². The van der Waals surface area contributed by atoms with E-state index < -0.39 is 0 Å². The summed E-state index contributed by atoms with van der Waals surface area (Å²) in [7, 11) is 5.76. The van der Waals surface area contributed by atoms with Crippen molar-refractivity contribution in [3.05, 3.63) is 29.3 Å². The van der Waals surface area contributed by atoms with Crippen molar-refractivity contribution in [3.63, 3.8) is 0 Å². The highest BCUT2D eigenvalue weighted by atomic mass is 33.1. The van der Waals surface area contributed by atoms with E-state index in [-0.39, 0.29) is 13.2 Å². The summed E-state index contributed by atoms with van der Waals surface area (Å²) in [4.78, 5) is 2.25. The molecular weight excluding hydrogens is 306 g/mol. The van der Waals surface area contributed by atoms with Gasteiger partial charge in [0.15, 0.2) is 0 Å². The molecule has 0 radical (unpaired) electrons. The lowest BCUT2D eigenvalue weighted by Gasteiger charge is -2.20. The Morgan fingerprint density at radius 1 is 1.19 bits per heavy atom. The van der Waals surface area contributed by atoms with Gasteiger partial charge in [0.2, 0.25) is 0 Å². The third kappa shape index (κ3) is 7.42. The second-order valence-electron chi connectivity index (χ2n) is 4.99. The van der Waals surface area contributed by atoms with Crippen LogP contribution in [0.5, 0.6) is 5.75 Å². The zero-order valence-electron chi connectivity index (χ0n) is 12.9. The summed E-state index contributed by atoms with van der Waals surface area (Å²) in [6.07, 6.45) is 2.09. The predicted octanol–water partition coefficient (Wildman–Crippen LogP) is 2.38. The van der Waals surface area contributed by atoms with Gasteiger partial charge in [-0.05, 0) is 36.6 Å². The first-order chi connectivity index (χ1) is 10.1. The van der Waals surface area contributed by atoms with Gasteiger partial charge in [0.05, 0.1) is 13.2 Å². The molecule has 21 heavy (non-hydrogen) atoms. The van der Waals surface area contributed by atoms with E-state index in [0.717, 1.165) is 24.2 Å². The van der Waals surface area contributed by atoms with Crippen LogP contribution in [0.2, 0.25) is 0 Å². The van der Waals surface area contributed by atoms with Gasteiger partial charge in [-0.3, -0.25) is 0 Å². The molecule has 0 fully saturated rings. The largest absolute Gasteiger partial charge is 0.492 e. The summed E-state index contributed by atoms with van der Waals surface area (Å²) >= 11 is 0. The summed E-state index contributed by atoms with van der Waals surface area (Å²) in [5, 5.41) is 19.0. The molecule has 0 aliphatic heterocycles.